The Labute approximate surface area is 115 Å². The summed E-state index contributed by atoms with van der Waals surface area (Å²) in [6.45, 7) is 2.04. The van der Waals surface area contributed by atoms with E-state index in [2.05, 4.69) is 15.9 Å². The highest BCUT2D eigenvalue weighted by molar-refractivity contribution is 9.10. The van der Waals surface area contributed by atoms with Gasteiger partial charge in [0.2, 0.25) is 0 Å². The molecule has 6 heteroatoms. The van der Waals surface area contributed by atoms with Crippen molar-refractivity contribution in [3.63, 3.8) is 0 Å². The SMILES string of the molecule is Cc1cc(Br)cc(CCl)c1OCCS(C)(=O)=O. The lowest BCUT2D eigenvalue weighted by Gasteiger charge is -2.13. The molecule has 0 bridgehead atoms. The molecule has 96 valence electrons. The number of hydrogen-bond donors (Lipinski definition) is 0. The highest BCUT2D eigenvalue weighted by Gasteiger charge is 2.10. The van der Waals surface area contributed by atoms with Crippen LogP contribution in [-0.4, -0.2) is 27.0 Å². The van der Waals surface area contributed by atoms with Crippen LogP contribution in [0.25, 0.3) is 0 Å². The maximum Gasteiger partial charge on any atom is 0.150 e. The standard InChI is InChI=1S/C11H14BrClO3S/c1-8-5-10(12)6-9(7-13)11(8)16-3-4-17(2,14)15/h5-6H,3-4,7H2,1-2H3. The molecule has 0 heterocycles. The summed E-state index contributed by atoms with van der Waals surface area (Å²) in [7, 11) is -3.00. The Morgan fingerprint density at radius 3 is 2.59 bits per heavy atom. The fourth-order valence-electron chi connectivity index (χ4n) is 1.40. The Morgan fingerprint density at radius 2 is 2.06 bits per heavy atom. The third kappa shape index (κ3) is 4.85. The van der Waals surface area contributed by atoms with Gasteiger partial charge in [0.1, 0.15) is 12.4 Å². The van der Waals surface area contributed by atoms with E-state index in [1.54, 1.807) is 0 Å². The molecule has 0 spiro atoms. The van der Waals surface area contributed by atoms with E-state index in [1.807, 2.05) is 19.1 Å². The topological polar surface area (TPSA) is 43.4 Å². The molecule has 0 N–H and O–H groups in total. The summed E-state index contributed by atoms with van der Waals surface area (Å²) in [5.74, 6) is 1.01. The summed E-state index contributed by atoms with van der Waals surface area (Å²) in [5, 5.41) is 0. The zero-order chi connectivity index (χ0) is 13.1. The summed E-state index contributed by atoms with van der Waals surface area (Å²) >= 11 is 9.20. The second-order valence-electron chi connectivity index (χ2n) is 3.82. The first-order chi connectivity index (χ1) is 7.83. The molecule has 0 aliphatic heterocycles. The zero-order valence-corrected chi connectivity index (χ0v) is 12.8. The summed E-state index contributed by atoms with van der Waals surface area (Å²) in [6, 6.07) is 3.78. The van der Waals surface area contributed by atoms with Crippen molar-refractivity contribution in [2.45, 2.75) is 12.8 Å². The summed E-state index contributed by atoms with van der Waals surface area (Å²) < 4.78 is 28.4. The maximum absolute atomic E-state index is 11.0. The van der Waals surface area contributed by atoms with E-state index in [0.29, 0.717) is 11.6 Å². The highest BCUT2D eigenvalue weighted by Crippen LogP contribution is 2.29. The molecule has 0 aromatic heterocycles. The van der Waals surface area contributed by atoms with Gasteiger partial charge in [0.25, 0.3) is 0 Å². The predicted molar refractivity (Wildman–Crippen MR) is 73.6 cm³/mol. The first-order valence-electron chi connectivity index (χ1n) is 4.99. The number of benzene rings is 1. The van der Waals surface area contributed by atoms with E-state index in [4.69, 9.17) is 16.3 Å². The molecular formula is C11H14BrClO3S. The Balaban J connectivity index is 2.83. The van der Waals surface area contributed by atoms with E-state index in [0.717, 1.165) is 15.6 Å². The molecule has 0 saturated carbocycles. The van der Waals surface area contributed by atoms with Crippen molar-refractivity contribution in [3.8, 4) is 5.75 Å². The van der Waals surface area contributed by atoms with Gasteiger partial charge in [-0.25, -0.2) is 8.42 Å². The second kappa shape index (κ2) is 6.07. The molecule has 0 atom stereocenters. The lowest BCUT2D eigenvalue weighted by Crippen LogP contribution is -2.13. The lowest BCUT2D eigenvalue weighted by atomic mass is 10.1. The Hall–Kier alpha value is -0.260. The van der Waals surface area contributed by atoms with E-state index in [9.17, 15) is 8.42 Å². The lowest BCUT2D eigenvalue weighted by molar-refractivity contribution is 0.336. The minimum absolute atomic E-state index is 0.00420. The van der Waals surface area contributed by atoms with E-state index >= 15 is 0 Å². The number of alkyl halides is 1. The molecule has 0 radical (unpaired) electrons. The van der Waals surface area contributed by atoms with Crippen molar-refractivity contribution in [3.05, 3.63) is 27.7 Å². The molecule has 17 heavy (non-hydrogen) atoms. The number of ether oxygens (including phenoxy) is 1. The Morgan fingerprint density at radius 1 is 1.41 bits per heavy atom. The van der Waals surface area contributed by atoms with Gasteiger partial charge < -0.3 is 4.74 Å². The minimum Gasteiger partial charge on any atom is -0.492 e. The average Bonchev–Trinajstić information content (AvgIpc) is 2.18. The molecule has 0 saturated heterocycles. The van der Waals surface area contributed by atoms with Crippen LogP contribution in [0, 0.1) is 6.92 Å². The van der Waals surface area contributed by atoms with Crippen LogP contribution in [0.1, 0.15) is 11.1 Å². The average molecular weight is 342 g/mol. The Bertz CT molecular complexity index is 500. The van der Waals surface area contributed by atoms with Crippen molar-refractivity contribution in [2.24, 2.45) is 0 Å². The molecule has 1 rings (SSSR count). The molecule has 0 fully saturated rings. The van der Waals surface area contributed by atoms with Gasteiger partial charge >= 0.3 is 0 Å². The van der Waals surface area contributed by atoms with Crippen LogP contribution in [0.3, 0.4) is 0 Å². The summed E-state index contributed by atoms with van der Waals surface area (Å²) in [4.78, 5) is 0. The van der Waals surface area contributed by atoms with Crippen molar-refractivity contribution >= 4 is 37.4 Å². The highest BCUT2D eigenvalue weighted by atomic mass is 79.9. The predicted octanol–water partition coefficient (Wildman–Crippen LogP) is 2.92. The van der Waals surface area contributed by atoms with Gasteiger partial charge in [-0.1, -0.05) is 15.9 Å². The largest absolute Gasteiger partial charge is 0.492 e. The minimum atomic E-state index is -3.00. The van der Waals surface area contributed by atoms with Crippen LogP contribution < -0.4 is 4.74 Å². The molecular weight excluding hydrogens is 328 g/mol. The van der Waals surface area contributed by atoms with Crippen LogP contribution in [0.15, 0.2) is 16.6 Å². The van der Waals surface area contributed by atoms with Crippen LogP contribution in [0.5, 0.6) is 5.75 Å². The molecule has 0 unspecified atom stereocenters. The van der Waals surface area contributed by atoms with Gasteiger partial charge in [-0.15, -0.1) is 11.6 Å². The van der Waals surface area contributed by atoms with E-state index < -0.39 is 9.84 Å². The quantitative estimate of drug-likeness (QED) is 0.773. The number of sulfone groups is 1. The van der Waals surface area contributed by atoms with Gasteiger partial charge in [-0.2, -0.15) is 0 Å². The van der Waals surface area contributed by atoms with Crippen LogP contribution in [0.2, 0.25) is 0 Å². The van der Waals surface area contributed by atoms with Crippen LogP contribution in [-0.2, 0) is 15.7 Å². The molecule has 0 aliphatic carbocycles. The number of rotatable bonds is 5. The maximum atomic E-state index is 11.0. The van der Waals surface area contributed by atoms with Crippen LogP contribution >= 0.6 is 27.5 Å². The molecule has 1 aromatic rings. The Kier molecular flexibility index (Phi) is 5.28. The van der Waals surface area contributed by atoms with E-state index in [1.165, 1.54) is 6.26 Å². The normalized spacial score (nSPS) is 11.5. The van der Waals surface area contributed by atoms with Gasteiger partial charge in [0.05, 0.1) is 11.6 Å². The number of hydrogen-bond acceptors (Lipinski definition) is 3. The summed E-state index contributed by atoms with van der Waals surface area (Å²) in [5.41, 5.74) is 1.79. The smallest absolute Gasteiger partial charge is 0.150 e. The number of aryl methyl sites for hydroxylation is 1. The van der Waals surface area contributed by atoms with Gasteiger partial charge in [-0.05, 0) is 24.6 Å². The first kappa shape index (κ1) is 14.8. The number of halogens is 2. The van der Waals surface area contributed by atoms with Crippen LogP contribution in [0.4, 0.5) is 0 Å². The third-order valence-corrected chi connectivity index (χ3v) is 3.81. The van der Waals surface area contributed by atoms with Gasteiger partial charge in [0, 0.05) is 16.3 Å². The zero-order valence-electron chi connectivity index (χ0n) is 9.66. The fourth-order valence-corrected chi connectivity index (χ4v) is 2.60. The first-order valence-corrected chi connectivity index (χ1v) is 8.38. The van der Waals surface area contributed by atoms with Gasteiger partial charge in [0.15, 0.2) is 9.84 Å². The molecule has 1 aromatic carbocycles. The molecule has 0 aliphatic rings. The van der Waals surface area contributed by atoms with E-state index in [-0.39, 0.29) is 12.4 Å². The van der Waals surface area contributed by atoms with Crippen molar-refractivity contribution in [1.82, 2.24) is 0 Å². The van der Waals surface area contributed by atoms with Crippen molar-refractivity contribution in [2.75, 3.05) is 18.6 Å². The fraction of sp³-hybridized carbons (Fsp3) is 0.455. The van der Waals surface area contributed by atoms with Gasteiger partial charge in [-0.3, -0.25) is 0 Å². The molecule has 3 nitrogen and oxygen atoms in total. The third-order valence-electron chi connectivity index (χ3n) is 2.16. The van der Waals surface area contributed by atoms with Crippen molar-refractivity contribution in [1.29, 1.82) is 0 Å². The molecule has 0 amide bonds. The van der Waals surface area contributed by atoms with Crippen molar-refractivity contribution < 1.29 is 13.2 Å². The summed E-state index contributed by atoms with van der Waals surface area (Å²) in [6.07, 6.45) is 1.19. The monoisotopic (exact) mass is 340 g/mol. The second-order valence-corrected chi connectivity index (χ2v) is 7.27.